The van der Waals surface area contributed by atoms with Crippen LogP contribution in [0.3, 0.4) is 0 Å². The fourth-order valence-electron chi connectivity index (χ4n) is 10.3. The van der Waals surface area contributed by atoms with Crippen LogP contribution in [0, 0.1) is 5.92 Å². The molecule has 0 aliphatic carbocycles. The molecule has 0 fully saturated rings. The van der Waals surface area contributed by atoms with Gasteiger partial charge in [-0.05, 0) is 25.2 Å². The standard InChI is InChI=1S/C66H128O6/c1-5-8-10-12-14-16-18-20-22-23-27-30-34-38-42-46-50-54-58-65(68)71-61-63(60-70-64(67)57-53-49-45-41-37-33-21-19-17-15-13-11-9-6-2)72-66(69)59-55-51-47-43-39-35-31-28-25-24-26-29-32-36-40-44-48-52-56-62(4)7-3/h62-63H,5-61H2,1-4H3/t62?,63-/m1/s1. The third-order valence-electron chi connectivity index (χ3n) is 15.7. The summed E-state index contributed by atoms with van der Waals surface area (Å²) in [5.41, 5.74) is 0. The molecule has 1 unspecified atom stereocenters. The monoisotopic (exact) mass is 1020 g/mol. The number of carbonyl (C=O) groups is 3. The molecule has 6 nitrogen and oxygen atoms in total. The summed E-state index contributed by atoms with van der Waals surface area (Å²) in [6.45, 7) is 9.14. The molecular formula is C66H128O6. The highest BCUT2D eigenvalue weighted by atomic mass is 16.6. The topological polar surface area (TPSA) is 78.9 Å². The van der Waals surface area contributed by atoms with Gasteiger partial charge >= 0.3 is 17.9 Å². The minimum absolute atomic E-state index is 0.0609. The van der Waals surface area contributed by atoms with Crippen LogP contribution in [0.15, 0.2) is 0 Å². The van der Waals surface area contributed by atoms with Crippen molar-refractivity contribution in [1.29, 1.82) is 0 Å². The summed E-state index contributed by atoms with van der Waals surface area (Å²) in [4.78, 5) is 38.3. The van der Waals surface area contributed by atoms with E-state index in [4.69, 9.17) is 14.2 Å². The van der Waals surface area contributed by atoms with Gasteiger partial charge in [0.2, 0.25) is 0 Å². The van der Waals surface area contributed by atoms with Gasteiger partial charge in [-0.2, -0.15) is 0 Å². The van der Waals surface area contributed by atoms with Gasteiger partial charge in [0.1, 0.15) is 13.2 Å². The lowest BCUT2D eigenvalue weighted by atomic mass is 9.99. The van der Waals surface area contributed by atoms with Crippen LogP contribution in [0.1, 0.15) is 381 Å². The van der Waals surface area contributed by atoms with E-state index in [-0.39, 0.29) is 31.1 Å². The third-order valence-corrected chi connectivity index (χ3v) is 15.7. The van der Waals surface area contributed by atoms with Crippen molar-refractivity contribution in [2.24, 2.45) is 5.92 Å². The lowest BCUT2D eigenvalue weighted by Gasteiger charge is -2.18. The molecule has 6 heteroatoms. The average molecular weight is 1020 g/mol. The van der Waals surface area contributed by atoms with Gasteiger partial charge in [0.05, 0.1) is 0 Å². The highest BCUT2D eigenvalue weighted by Crippen LogP contribution is 2.19. The maximum Gasteiger partial charge on any atom is 0.306 e. The minimum Gasteiger partial charge on any atom is -0.462 e. The highest BCUT2D eigenvalue weighted by molar-refractivity contribution is 5.71. The summed E-state index contributed by atoms with van der Waals surface area (Å²) >= 11 is 0. The van der Waals surface area contributed by atoms with E-state index in [1.807, 2.05) is 0 Å². The molecule has 0 aliphatic rings. The molecule has 2 atom stereocenters. The first kappa shape index (κ1) is 70.4. The molecule has 0 spiro atoms. The Bertz CT molecular complexity index is 1090. The van der Waals surface area contributed by atoms with Crippen LogP contribution in [-0.4, -0.2) is 37.2 Å². The summed E-state index contributed by atoms with van der Waals surface area (Å²) in [7, 11) is 0. The summed E-state index contributed by atoms with van der Waals surface area (Å²) < 4.78 is 17.0. The van der Waals surface area contributed by atoms with E-state index in [9.17, 15) is 14.4 Å². The van der Waals surface area contributed by atoms with E-state index in [0.29, 0.717) is 19.3 Å². The quantitative estimate of drug-likeness (QED) is 0.0343. The molecule has 0 saturated carbocycles. The molecule has 0 aromatic carbocycles. The highest BCUT2D eigenvalue weighted by Gasteiger charge is 2.19. The van der Waals surface area contributed by atoms with Crippen molar-refractivity contribution in [2.75, 3.05) is 13.2 Å². The van der Waals surface area contributed by atoms with Gasteiger partial charge in [0, 0.05) is 19.3 Å². The molecule has 0 amide bonds. The zero-order valence-corrected chi connectivity index (χ0v) is 49.4. The van der Waals surface area contributed by atoms with E-state index in [0.717, 1.165) is 63.7 Å². The number of esters is 3. The fourth-order valence-corrected chi connectivity index (χ4v) is 10.3. The summed E-state index contributed by atoms with van der Waals surface area (Å²) in [5.74, 6) is 0.0838. The van der Waals surface area contributed by atoms with Crippen LogP contribution >= 0.6 is 0 Å². The number of ether oxygens (including phenoxy) is 3. The van der Waals surface area contributed by atoms with Crippen LogP contribution in [-0.2, 0) is 28.6 Å². The van der Waals surface area contributed by atoms with Gasteiger partial charge in [-0.1, -0.05) is 342 Å². The first-order valence-electron chi connectivity index (χ1n) is 32.9. The van der Waals surface area contributed by atoms with Crippen LogP contribution in [0.5, 0.6) is 0 Å². The maximum absolute atomic E-state index is 12.9. The van der Waals surface area contributed by atoms with Gasteiger partial charge < -0.3 is 14.2 Å². The van der Waals surface area contributed by atoms with E-state index in [1.54, 1.807) is 0 Å². The first-order valence-corrected chi connectivity index (χ1v) is 32.9. The molecule has 0 rings (SSSR count). The van der Waals surface area contributed by atoms with Gasteiger partial charge in [-0.3, -0.25) is 14.4 Å². The third kappa shape index (κ3) is 57.7. The first-order chi connectivity index (χ1) is 35.4. The van der Waals surface area contributed by atoms with Gasteiger partial charge in [-0.25, -0.2) is 0 Å². The lowest BCUT2D eigenvalue weighted by Crippen LogP contribution is -2.30. The van der Waals surface area contributed by atoms with Crippen molar-refractivity contribution in [2.45, 2.75) is 387 Å². The largest absolute Gasteiger partial charge is 0.462 e. The van der Waals surface area contributed by atoms with E-state index < -0.39 is 6.10 Å². The second-order valence-electron chi connectivity index (χ2n) is 23.0. The van der Waals surface area contributed by atoms with Gasteiger partial charge in [0.25, 0.3) is 0 Å². The lowest BCUT2D eigenvalue weighted by molar-refractivity contribution is -0.167. The summed E-state index contributed by atoms with van der Waals surface area (Å²) in [6, 6.07) is 0. The molecule has 72 heavy (non-hydrogen) atoms. The SMILES string of the molecule is CCCCCCCCCCCCCCCCCCCCC(=O)OC[C@@H](COC(=O)CCCCCCCCCCCCCCCC)OC(=O)CCCCCCCCCCCCCCCCCCCCC(C)CC. The predicted octanol–water partition coefficient (Wildman–Crippen LogP) is 22.1. The van der Waals surface area contributed by atoms with Crippen LogP contribution in [0.25, 0.3) is 0 Å². The van der Waals surface area contributed by atoms with Crippen LogP contribution in [0.4, 0.5) is 0 Å². The molecule has 428 valence electrons. The van der Waals surface area contributed by atoms with Gasteiger partial charge in [0.15, 0.2) is 6.10 Å². The maximum atomic E-state index is 12.9. The van der Waals surface area contributed by atoms with E-state index in [2.05, 4.69) is 27.7 Å². The number of hydrogen-bond donors (Lipinski definition) is 0. The fraction of sp³-hybridized carbons (Fsp3) is 0.955. The zero-order valence-electron chi connectivity index (χ0n) is 49.4. The Hall–Kier alpha value is -1.59. The number of unbranched alkanes of at least 4 members (excludes halogenated alkanes) is 47. The molecule has 0 aromatic rings. The molecule has 0 radical (unpaired) electrons. The Morgan fingerprint density at radius 2 is 0.486 bits per heavy atom. The Morgan fingerprint density at radius 1 is 0.278 bits per heavy atom. The van der Waals surface area contributed by atoms with Crippen molar-refractivity contribution in [3.63, 3.8) is 0 Å². The number of hydrogen-bond acceptors (Lipinski definition) is 6. The Morgan fingerprint density at radius 3 is 0.722 bits per heavy atom. The van der Waals surface area contributed by atoms with Crippen molar-refractivity contribution in [1.82, 2.24) is 0 Å². The predicted molar refractivity (Wildman–Crippen MR) is 312 cm³/mol. The Kier molecular flexibility index (Phi) is 58.9. The molecule has 0 heterocycles. The van der Waals surface area contributed by atoms with Gasteiger partial charge in [-0.15, -0.1) is 0 Å². The van der Waals surface area contributed by atoms with Crippen molar-refractivity contribution >= 4 is 17.9 Å². The Balaban J connectivity index is 4.25. The minimum atomic E-state index is -0.763. The smallest absolute Gasteiger partial charge is 0.306 e. The van der Waals surface area contributed by atoms with Crippen molar-refractivity contribution in [3.8, 4) is 0 Å². The molecule has 0 N–H and O–H groups in total. The molecule has 0 aromatic heterocycles. The van der Waals surface area contributed by atoms with E-state index >= 15 is 0 Å². The molecular weight excluding hydrogens is 889 g/mol. The average Bonchev–Trinajstić information content (AvgIpc) is 3.38. The number of carbonyl (C=O) groups excluding carboxylic acids is 3. The summed E-state index contributed by atoms with van der Waals surface area (Å²) in [5, 5.41) is 0. The second kappa shape index (κ2) is 60.3. The molecule has 0 aliphatic heterocycles. The normalized spacial score (nSPS) is 12.3. The summed E-state index contributed by atoms with van der Waals surface area (Å²) in [6.07, 6.45) is 68.2. The van der Waals surface area contributed by atoms with Crippen LogP contribution < -0.4 is 0 Å². The van der Waals surface area contributed by atoms with E-state index in [1.165, 1.54) is 276 Å². The molecule has 0 saturated heterocycles. The Labute approximate surface area is 450 Å². The zero-order chi connectivity index (χ0) is 52.3. The second-order valence-corrected chi connectivity index (χ2v) is 23.0. The van der Waals surface area contributed by atoms with Crippen molar-refractivity contribution < 1.29 is 28.6 Å². The number of rotatable bonds is 61. The van der Waals surface area contributed by atoms with Crippen molar-refractivity contribution in [3.05, 3.63) is 0 Å². The van der Waals surface area contributed by atoms with Crippen LogP contribution in [0.2, 0.25) is 0 Å². The molecule has 0 bridgehead atoms.